The van der Waals surface area contributed by atoms with Crippen molar-refractivity contribution >= 4 is 28.8 Å². The minimum Gasteiger partial charge on any atom is -0.486 e. The number of carbonyl (C=O) groups is 1. The number of halogens is 1. The van der Waals surface area contributed by atoms with Gasteiger partial charge in [-0.15, -0.1) is 11.3 Å². The first-order chi connectivity index (χ1) is 13.6. The second-order valence-electron chi connectivity index (χ2n) is 7.01. The summed E-state index contributed by atoms with van der Waals surface area (Å²) in [6.45, 7) is 2.95. The highest BCUT2D eigenvalue weighted by atomic mass is 35.5. The molecule has 0 spiro atoms. The molecule has 1 amide bonds. The van der Waals surface area contributed by atoms with Gasteiger partial charge in [-0.25, -0.2) is 4.98 Å². The van der Waals surface area contributed by atoms with Crippen molar-refractivity contribution in [2.24, 2.45) is 0 Å². The molecule has 1 heterocycles. The maximum atomic E-state index is 13.0. The minimum atomic E-state index is 0.0816. The summed E-state index contributed by atoms with van der Waals surface area (Å²) in [5.41, 5.74) is 2.75. The van der Waals surface area contributed by atoms with Crippen molar-refractivity contribution in [3.8, 4) is 5.75 Å². The van der Waals surface area contributed by atoms with Gasteiger partial charge in [0.15, 0.2) is 0 Å². The molecule has 0 aliphatic heterocycles. The summed E-state index contributed by atoms with van der Waals surface area (Å²) in [5.74, 6) is 0.841. The number of aryl methyl sites for hydroxylation is 1. The summed E-state index contributed by atoms with van der Waals surface area (Å²) in [7, 11) is 0. The summed E-state index contributed by atoms with van der Waals surface area (Å²) in [4.78, 5) is 19.6. The van der Waals surface area contributed by atoms with Crippen LogP contribution >= 0.6 is 22.9 Å². The molecule has 0 N–H and O–H groups in total. The molecule has 2 aromatic carbocycles. The van der Waals surface area contributed by atoms with E-state index in [0.29, 0.717) is 24.2 Å². The number of rotatable bonds is 7. The van der Waals surface area contributed by atoms with Gasteiger partial charge in [0.05, 0.1) is 12.2 Å². The molecule has 1 aliphatic rings. The Morgan fingerprint density at radius 3 is 2.75 bits per heavy atom. The Balaban J connectivity index is 1.41. The largest absolute Gasteiger partial charge is 0.486 e. The van der Waals surface area contributed by atoms with Crippen LogP contribution in [0.5, 0.6) is 5.75 Å². The molecule has 1 aromatic heterocycles. The van der Waals surface area contributed by atoms with E-state index in [9.17, 15) is 4.79 Å². The first kappa shape index (κ1) is 19.0. The average Bonchev–Trinajstić information content (AvgIpc) is 3.44. The summed E-state index contributed by atoms with van der Waals surface area (Å²) in [5, 5.41) is 3.59. The second-order valence-corrected chi connectivity index (χ2v) is 8.39. The molecule has 1 saturated carbocycles. The van der Waals surface area contributed by atoms with Crippen LogP contribution in [0.3, 0.4) is 0 Å². The van der Waals surface area contributed by atoms with Gasteiger partial charge >= 0.3 is 0 Å². The quantitative estimate of drug-likeness (QED) is 0.515. The predicted octanol–water partition coefficient (Wildman–Crippen LogP) is 5.49. The monoisotopic (exact) mass is 412 g/mol. The van der Waals surface area contributed by atoms with Crippen molar-refractivity contribution in [3.05, 3.63) is 80.8 Å². The van der Waals surface area contributed by atoms with E-state index in [2.05, 4.69) is 4.98 Å². The normalized spacial score (nSPS) is 13.4. The Morgan fingerprint density at radius 1 is 1.25 bits per heavy atom. The number of nitrogens with zero attached hydrogens (tertiary/aromatic N) is 2. The fraction of sp³-hybridized carbons (Fsp3) is 0.273. The van der Waals surface area contributed by atoms with Gasteiger partial charge in [-0.3, -0.25) is 4.79 Å². The third-order valence-corrected chi connectivity index (χ3v) is 5.74. The van der Waals surface area contributed by atoms with E-state index in [1.165, 1.54) is 0 Å². The topological polar surface area (TPSA) is 42.4 Å². The highest BCUT2D eigenvalue weighted by Crippen LogP contribution is 2.30. The highest BCUT2D eigenvalue weighted by Gasteiger charge is 2.33. The maximum absolute atomic E-state index is 13.0. The van der Waals surface area contributed by atoms with E-state index in [1.54, 1.807) is 23.5 Å². The Labute approximate surface area is 173 Å². The zero-order chi connectivity index (χ0) is 19.5. The van der Waals surface area contributed by atoms with E-state index in [1.807, 2.05) is 53.6 Å². The number of aromatic nitrogens is 1. The van der Waals surface area contributed by atoms with Crippen LogP contribution in [0.15, 0.2) is 53.9 Å². The molecule has 0 unspecified atom stereocenters. The fourth-order valence-corrected chi connectivity index (χ4v) is 3.86. The van der Waals surface area contributed by atoms with Crippen molar-refractivity contribution in [1.29, 1.82) is 0 Å². The molecule has 0 saturated heterocycles. The van der Waals surface area contributed by atoms with Crippen molar-refractivity contribution < 1.29 is 9.53 Å². The highest BCUT2D eigenvalue weighted by molar-refractivity contribution is 7.09. The van der Waals surface area contributed by atoms with Crippen molar-refractivity contribution in [3.63, 3.8) is 0 Å². The molecular formula is C22H21ClN2O2S. The molecule has 0 atom stereocenters. The van der Waals surface area contributed by atoms with Crippen LogP contribution in [0.1, 0.15) is 39.5 Å². The molecule has 4 rings (SSSR count). The van der Waals surface area contributed by atoms with Crippen molar-refractivity contribution in [1.82, 2.24) is 9.88 Å². The lowest BCUT2D eigenvalue weighted by Crippen LogP contribution is -2.32. The minimum absolute atomic E-state index is 0.0816. The summed E-state index contributed by atoms with van der Waals surface area (Å²) in [6, 6.07) is 15.4. The lowest BCUT2D eigenvalue weighted by molar-refractivity contribution is 0.0728. The predicted molar refractivity (Wildman–Crippen MR) is 112 cm³/mol. The van der Waals surface area contributed by atoms with E-state index in [4.69, 9.17) is 16.3 Å². The number of benzene rings is 2. The van der Waals surface area contributed by atoms with Crippen LogP contribution in [0, 0.1) is 6.92 Å². The molecule has 144 valence electrons. The molecular weight excluding hydrogens is 392 g/mol. The van der Waals surface area contributed by atoms with Gasteiger partial charge in [-0.05, 0) is 56.2 Å². The van der Waals surface area contributed by atoms with E-state index in [-0.39, 0.29) is 5.91 Å². The Morgan fingerprint density at radius 2 is 2.04 bits per heavy atom. The van der Waals surface area contributed by atoms with Crippen molar-refractivity contribution in [2.45, 2.75) is 39.0 Å². The van der Waals surface area contributed by atoms with E-state index >= 15 is 0 Å². The molecule has 28 heavy (non-hydrogen) atoms. The number of amides is 1. The third-order valence-electron chi connectivity index (χ3n) is 4.62. The average molecular weight is 413 g/mol. The van der Waals surface area contributed by atoms with Gasteiger partial charge in [-0.1, -0.05) is 29.3 Å². The number of ether oxygens (including phenoxy) is 1. The SMILES string of the molecule is Cc1cccc(C(=O)N(Cc2csc(COc3ccc(Cl)cc3)n2)C2CC2)c1. The number of hydrogen-bond acceptors (Lipinski definition) is 4. The number of thiazole rings is 1. The lowest BCUT2D eigenvalue weighted by atomic mass is 10.1. The third kappa shape index (κ3) is 4.72. The molecule has 0 radical (unpaired) electrons. The number of hydrogen-bond donors (Lipinski definition) is 0. The van der Waals surface area contributed by atoms with Crippen LogP contribution in [0.25, 0.3) is 0 Å². The Bertz CT molecular complexity index is 967. The van der Waals surface area contributed by atoms with Crippen molar-refractivity contribution in [2.75, 3.05) is 0 Å². The first-order valence-electron chi connectivity index (χ1n) is 9.28. The van der Waals surface area contributed by atoms with E-state index < -0.39 is 0 Å². The standard InChI is InChI=1S/C22H21ClN2O2S/c1-15-3-2-4-16(11-15)22(26)25(19-7-8-19)12-18-14-28-21(24-18)13-27-20-9-5-17(23)6-10-20/h2-6,9-11,14,19H,7-8,12-13H2,1H3. The summed E-state index contributed by atoms with van der Waals surface area (Å²) < 4.78 is 5.76. The molecule has 4 nitrogen and oxygen atoms in total. The second kappa shape index (κ2) is 8.33. The molecule has 6 heteroatoms. The summed E-state index contributed by atoms with van der Waals surface area (Å²) >= 11 is 7.45. The van der Waals surface area contributed by atoms with E-state index in [0.717, 1.165) is 40.4 Å². The maximum Gasteiger partial charge on any atom is 0.254 e. The molecule has 1 aliphatic carbocycles. The molecule has 3 aromatic rings. The van der Waals surface area contributed by atoms with Crippen LogP contribution in [0.2, 0.25) is 5.02 Å². The van der Waals surface area contributed by atoms with Crippen LogP contribution in [-0.4, -0.2) is 21.8 Å². The molecule has 1 fully saturated rings. The van der Waals surface area contributed by atoms with Gasteiger partial charge in [0, 0.05) is 22.0 Å². The summed E-state index contributed by atoms with van der Waals surface area (Å²) in [6.07, 6.45) is 2.13. The van der Waals surface area contributed by atoms with Crippen LogP contribution in [0.4, 0.5) is 0 Å². The zero-order valence-electron chi connectivity index (χ0n) is 15.6. The van der Waals surface area contributed by atoms with Gasteiger partial charge in [0.25, 0.3) is 5.91 Å². The van der Waals surface area contributed by atoms with Gasteiger partial charge in [0.1, 0.15) is 17.4 Å². The number of carbonyl (C=O) groups excluding carboxylic acids is 1. The zero-order valence-corrected chi connectivity index (χ0v) is 17.2. The molecule has 0 bridgehead atoms. The Hall–Kier alpha value is -2.37. The smallest absolute Gasteiger partial charge is 0.254 e. The van der Waals surface area contributed by atoms with Gasteiger partial charge < -0.3 is 9.64 Å². The lowest BCUT2D eigenvalue weighted by Gasteiger charge is -2.21. The van der Waals surface area contributed by atoms with Crippen LogP contribution in [-0.2, 0) is 13.2 Å². The fourth-order valence-electron chi connectivity index (χ4n) is 3.04. The van der Waals surface area contributed by atoms with Gasteiger partial charge in [-0.2, -0.15) is 0 Å². The van der Waals surface area contributed by atoms with Crippen LogP contribution < -0.4 is 4.74 Å². The first-order valence-corrected chi connectivity index (χ1v) is 10.5. The van der Waals surface area contributed by atoms with Gasteiger partial charge in [0.2, 0.25) is 0 Å². The Kier molecular flexibility index (Phi) is 5.64.